The van der Waals surface area contributed by atoms with Crippen molar-refractivity contribution in [2.45, 2.75) is 33.8 Å². The van der Waals surface area contributed by atoms with Gasteiger partial charge in [0.1, 0.15) is 0 Å². The number of nitrogens with zero attached hydrogens (tertiary/aromatic N) is 3. The van der Waals surface area contributed by atoms with Crippen molar-refractivity contribution in [3.05, 3.63) is 71.2 Å². The van der Waals surface area contributed by atoms with Crippen LogP contribution in [-0.2, 0) is 9.53 Å². The molecular formula is C22H22N4O4. The highest BCUT2D eigenvalue weighted by Gasteiger charge is 2.20. The molecule has 2 heterocycles. The van der Waals surface area contributed by atoms with Crippen molar-refractivity contribution in [1.82, 2.24) is 14.8 Å². The minimum absolute atomic E-state index is 0.109. The molecule has 2 aromatic heterocycles. The SMILES string of the molecule is CC(=O)c1cccc(NC(=O)C(C)OC(=O)c2ccc(-n3nc(C)cc3C)nc2)c1. The smallest absolute Gasteiger partial charge is 0.340 e. The number of amides is 1. The van der Waals surface area contributed by atoms with Crippen molar-refractivity contribution in [2.24, 2.45) is 0 Å². The number of aromatic nitrogens is 3. The fraction of sp³-hybridized carbons (Fsp3) is 0.227. The first-order valence-electron chi connectivity index (χ1n) is 9.37. The lowest BCUT2D eigenvalue weighted by Gasteiger charge is -2.14. The van der Waals surface area contributed by atoms with Gasteiger partial charge in [-0.2, -0.15) is 5.10 Å². The molecule has 0 aliphatic rings. The second kappa shape index (κ2) is 8.69. The number of ketones is 1. The summed E-state index contributed by atoms with van der Waals surface area (Å²) in [6.45, 7) is 6.72. The number of carbonyl (C=O) groups excluding carboxylic acids is 3. The Hall–Kier alpha value is -3.81. The Morgan fingerprint density at radius 3 is 2.43 bits per heavy atom. The van der Waals surface area contributed by atoms with Crippen LogP contribution in [0.2, 0.25) is 0 Å². The standard InChI is InChI=1S/C22H22N4O4/c1-13-10-14(2)26(25-13)20-9-8-18(12-23-20)22(29)30-16(4)21(28)24-19-7-5-6-17(11-19)15(3)27/h5-12,16H,1-4H3,(H,24,28). The number of rotatable bonds is 6. The number of pyridine rings is 1. The second-order valence-electron chi connectivity index (χ2n) is 6.92. The molecule has 0 fully saturated rings. The van der Waals surface area contributed by atoms with Gasteiger partial charge in [0, 0.05) is 23.1 Å². The largest absolute Gasteiger partial charge is 0.449 e. The number of Topliss-reactive ketones (excluding diaryl/α,β-unsaturated/α-hetero) is 1. The quantitative estimate of drug-likeness (QED) is 0.498. The number of benzene rings is 1. The first kappa shape index (κ1) is 20.9. The third-order valence-corrected chi connectivity index (χ3v) is 4.40. The van der Waals surface area contributed by atoms with Crippen molar-refractivity contribution in [3.63, 3.8) is 0 Å². The van der Waals surface area contributed by atoms with Crippen LogP contribution in [0.25, 0.3) is 5.82 Å². The molecule has 1 atom stereocenters. The van der Waals surface area contributed by atoms with E-state index in [2.05, 4.69) is 15.4 Å². The number of ether oxygens (including phenoxy) is 1. The fourth-order valence-electron chi connectivity index (χ4n) is 2.83. The average Bonchev–Trinajstić information content (AvgIpc) is 3.06. The predicted octanol–water partition coefficient (Wildman–Crippen LogP) is 3.27. The Balaban J connectivity index is 1.63. The highest BCUT2D eigenvalue weighted by atomic mass is 16.5. The van der Waals surface area contributed by atoms with Gasteiger partial charge in [0.2, 0.25) is 0 Å². The fourth-order valence-corrected chi connectivity index (χ4v) is 2.83. The van der Waals surface area contributed by atoms with Crippen molar-refractivity contribution in [3.8, 4) is 5.82 Å². The summed E-state index contributed by atoms with van der Waals surface area (Å²) in [5.41, 5.74) is 2.94. The number of aryl methyl sites for hydroxylation is 2. The second-order valence-corrected chi connectivity index (χ2v) is 6.92. The van der Waals surface area contributed by atoms with Crippen LogP contribution in [0.15, 0.2) is 48.7 Å². The van der Waals surface area contributed by atoms with Crippen LogP contribution >= 0.6 is 0 Å². The van der Waals surface area contributed by atoms with Crippen LogP contribution in [0, 0.1) is 13.8 Å². The van der Waals surface area contributed by atoms with E-state index in [0.29, 0.717) is 17.1 Å². The molecule has 0 aliphatic carbocycles. The molecule has 154 valence electrons. The predicted molar refractivity (Wildman–Crippen MR) is 111 cm³/mol. The zero-order chi connectivity index (χ0) is 21.8. The van der Waals surface area contributed by atoms with Gasteiger partial charge in [-0.15, -0.1) is 0 Å². The Bertz CT molecular complexity index is 1100. The van der Waals surface area contributed by atoms with E-state index in [0.717, 1.165) is 11.4 Å². The van der Waals surface area contributed by atoms with Gasteiger partial charge >= 0.3 is 5.97 Å². The average molecular weight is 406 g/mol. The zero-order valence-electron chi connectivity index (χ0n) is 17.2. The van der Waals surface area contributed by atoms with Gasteiger partial charge in [0.15, 0.2) is 17.7 Å². The summed E-state index contributed by atoms with van der Waals surface area (Å²) in [6, 6.07) is 11.7. The van der Waals surface area contributed by atoms with Gasteiger partial charge in [-0.25, -0.2) is 14.5 Å². The number of esters is 1. The summed E-state index contributed by atoms with van der Waals surface area (Å²) in [4.78, 5) is 40.4. The minimum atomic E-state index is -1.03. The minimum Gasteiger partial charge on any atom is -0.449 e. The lowest BCUT2D eigenvalue weighted by Crippen LogP contribution is -2.30. The Morgan fingerprint density at radius 2 is 1.83 bits per heavy atom. The summed E-state index contributed by atoms with van der Waals surface area (Å²) in [6.07, 6.45) is 0.351. The summed E-state index contributed by atoms with van der Waals surface area (Å²) in [7, 11) is 0. The Labute approximate surface area is 173 Å². The van der Waals surface area contributed by atoms with Gasteiger partial charge in [-0.1, -0.05) is 12.1 Å². The summed E-state index contributed by atoms with van der Waals surface area (Å²) < 4.78 is 6.92. The molecule has 0 bridgehead atoms. The number of carbonyl (C=O) groups is 3. The van der Waals surface area contributed by atoms with Crippen LogP contribution in [0.3, 0.4) is 0 Å². The van der Waals surface area contributed by atoms with Crippen molar-refractivity contribution >= 4 is 23.3 Å². The monoisotopic (exact) mass is 406 g/mol. The third kappa shape index (κ3) is 4.78. The number of hydrogen-bond donors (Lipinski definition) is 1. The molecule has 0 aliphatic heterocycles. The summed E-state index contributed by atoms with van der Waals surface area (Å²) in [5.74, 6) is -0.700. The molecule has 0 saturated carbocycles. The molecule has 30 heavy (non-hydrogen) atoms. The van der Waals surface area contributed by atoms with Gasteiger partial charge < -0.3 is 10.1 Å². The molecule has 1 unspecified atom stereocenters. The van der Waals surface area contributed by atoms with E-state index in [9.17, 15) is 14.4 Å². The van der Waals surface area contributed by atoms with Gasteiger partial charge in [-0.3, -0.25) is 9.59 Å². The number of hydrogen-bond acceptors (Lipinski definition) is 6. The highest BCUT2D eigenvalue weighted by Crippen LogP contribution is 2.14. The van der Waals surface area contributed by atoms with E-state index >= 15 is 0 Å². The van der Waals surface area contributed by atoms with E-state index in [1.165, 1.54) is 20.0 Å². The normalized spacial score (nSPS) is 11.6. The zero-order valence-corrected chi connectivity index (χ0v) is 17.2. The number of nitrogens with one attached hydrogen (secondary N) is 1. The molecule has 0 saturated heterocycles. The van der Waals surface area contributed by atoms with Crippen LogP contribution in [0.5, 0.6) is 0 Å². The molecule has 8 heteroatoms. The molecule has 3 aromatic rings. The molecule has 1 aromatic carbocycles. The first-order chi connectivity index (χ1) is 14.2. The van der Waals surface area contributed by atoms with Gasteiger partial charge in [0.05, 0.1) is 11.3 Å². The van der Waals surface area contributed by atoms with E-state index in [-0.39, 0.29) is 11.3 Å². The van der Waals surface area contributed by atoms with Crippen LogP contribution in [0.1, 0.15) is 46.0 Å². The lowest BCUT2D eigenvalue weighted by molar-refractivity contribution is -0.123. The molecule has 0 spiro atoms. The van der Waals surface area contributed by atoms with Crippen molar-refractivity contribution in [2.75, 3.05) is 5.32 Å². The van der Waals surface area contributed by atoms with E-state index < -0.39 is 18.0 Å². The maximum Gasteiger partial charge on any atom is 0.340 e. The van der Waals surface area contributed by atoms with Crippen molar-refractivity contribution in [1.29, 1.82) is 0 Å². The maximum atomic E-state index is 12.4. The van der Waals surface area contributed by atoms with Crippen LogP contribution < -0.4 is 5.32 Å². The highest BCUT2D eigenvalue weighted by molar-refractivity contribution is 5.99. The summed E-state index contributed by atoms with van der Waals surface area (Å²) in [5, 5.41) is 6.98. The molecule has 3 rings (SSSR count). The number of anilines is 1. The molecule has 1 N–H and O–H groups in total. The van der Waals surface area contributed by atoms with E-state index in [1.807, 2.05) is 19.9 Å². The van der Waals surface area contributed by atoms with Crippen molar-refractivity contribution < 1.29 is 19.1 Å². The Kier molecular flexibility index (Phi) is 6.06. The van der Waals surface area contributed by atoms with E-state index in [1.54, 1.807) is 41.1 Å². The van der Waals surface area contributed by atoms with Gasteiger partial charge in [0.25, 0.3) is 5.91 Å². The Morgan fingerprint density at radius 1 is 1.07 bits per heavy atom. The van der Waals surface area contributed by atoms with E-state index in [4.69, 9.17) is 4.74 Å². The molecule has 0 radical (unpaired) electrons. The third-order valence-electron chi connectivity index (χ3n) is 4.40. The van der Waals surface area contributed by atoms with Crippen LogP contribution in [0.4, 0.5) is 5.69 Å². The first-order valence-corrected chi connectivity index (χ1v) is 9.37. The molecule has 8 nitrogen and oxygen atoms in total. The molecule has 1 amide bonds. The summed E-state index contributed by atoms with van der Waals surface area (Å²) >= 11 is 0. The maximum absolute atomic E-state index is 12.4. The molecular weight excluding hydrogens is 384 g/mol. The lowest BCUT2D eigenvalue weighted by atomic mass is 10.1. The van der Waals surface area contributed by atoms with Gasteiger partial charge in [-0.05, 0) is 58.0 Å². The topological polar surface area (TPSA) is 103 Å². The van der Waals surface area contributed by atoms with Crippen LogP contribution in [-0.4, -0.2) is 38.5 Å².